The van der Waals surface area contributed by atoms with Gasteiger partial charge in [-0.05, 0) is 68.3 Å². The molecule has 0 unspecified atom stereocenters. The van der Waals surface area contributed by atoms with Gasteiger partial charge in [0.15, 0.2) is 0 Å². The predicted molar refractivity (Wildman–Crippen MR) is 98.5 cm³/mol. The number of hydrogen-bond acceptors (Lipinski definition) is 3. The number of aliphatic hydroxyl groups excluding tert-OH is 1. The summed E-state index contributed by atoms with van der Waals surface area (Å²) in [6.07, 6.45) is 4.13. The van der Waals surface area contributed by atoms with Crippen LogP contribution in [0.5, 0.6) is 0 Å². The quantitative estimate of drug-likeness (QED) is 0.876. The molecule has 1 N–H and O–H groups in total. The summed E-state index contributed by atoms with van der Waals surface area (Å²) in [4.78, 5) is 17.1. The van der Waals surface area contributed by atoms with Gasteiger partial charge in [-0.15, -0.1) is 0 Å². The largest absolute Gasteiger partial charge is 0.391 e. The third kappa shape index (κ3) is 3.62. The number of carbonyl (C=O) groups is 1. The van der Waals surface area contributed by atoms with E-state index in [2.05, 4.69) is 4.90 Å². The van der Waals surface area contributed by atoms with Crippen LogP contribution in [0.2, 0.25) is 5.02 Å². The van der Waals surface area contributed by atoms with Crippen LogP contribution in [0.4, 0.5) is 4.39 Å². The maximum Gasteiger partial charge on any atom is 0.227 e. The second kappa shape index (κ2) is 7.45. The molecular weight excluding hydrogens is 355 g/mol. The Morgan fingerprint density at radius 3 is 2.58 bits per heavy atom. The highest BCUT2D eigenvalue weighted by molar-refractivity contribution is 6.31. The highest BCUT2D eigenvalue weighted by Crippen LogP contribution is 2.39. The first-order valence-corrected chi connectivity index (χ1v) is 10.0. The molecule has 4 rings (SSSR count). The topological polar surface area (TPSA) is 43.8 Å². The fourth-order valence-corrected chi connectivity index (χ4v) is 5.25. The van der Waals surface area contributed by atoms with Crippen molar-refractivity contribution in [3.8, 4) is 0 Å². The standard InChI is InChI=1S/C20H26ClFN2O2/c21-17-10-16(22)4-3-13(17)9-20(26)24-11-14-7-18(23-5-1-2-6-23)19(25)8-15(14)12-24/h3-4,10,14-15,18-19,25H,1-2,5-9,11-12H2/t14-,15+,18-,19-/m1/s1. The zero-order valence-electron chi connectivity index (χ0n) is 14.9. The number of rotatable bonds is 3. The van der Waals surface area contributed by atoms with Crippen molar-refractivity contribution in [3.63, 3.8) is 0 Å². The van der Waals surface area contributed by atoms with E-state index in [1.165, 1.54) is 25.0 Å². The zero-order valence-corrected chi connectivity index (χ0v) is 15.7. The summed E-state index contributed by atoms with van der Waals surface area (Å²) in [6, 6.07) is 4.44. The molecule has 0 radical (unpaired) electrons. The molecule has 2 saturated heterocycles. The van der Waals surface area contributed by atoms with Gasteiger partial charge in [0.1, 0.15) is 5.82 Å². The number of halogens is 2. The van der Waals surface area contributed by atoms with E-state index in [0.29, 0.717) is 29.0 Å². The molecule has 3 fully saturated rings. The Morgan fingerprint density at radius 1 is 1.19 bits per heavy atom. The van der Waals surface area contributed by atoms with Crippen molar-refractivity contribution in [2.75, 3.05) is 26.2 Å². The Morgan fingerprint density at radius 2 is 1.88 bits per heavy atom. The number of nitrogens with zero attached hydrogens (tertiary/aromatic N) is 2. The highest BCUT2D eigenvalue weighted by atomic mass is 35.5. The number of amides is 1. The molecule has 4 atom stereocenters. The third-order valence-electron chi connectivity index (χ3n) is 6.43. The predicted octanol–water partition coefficient (Wildman–Crippen LogP) is 2.72. The van der Waals surface area contributed by atoms with Gasteiger partial charge in [0.25, 0.3) is 0 Å². The number of benzene rings is 1. The van der Waals surface area contributed by atoms with Crippen molar-refractivity contribution < 1.29 is 14.3 Å². The van der Waals surface area contributed by atoms with Gasteiger partial charge in [-0.25, -0.2) is 4.39 Å². The van der Waals surface area contributed by atoms with Crippen LogP contribution in [0, 0.1) is 17.7 Å². The summed E-state index contributed by atoms with van der Waals surface area (Å²) in [7, 11) is 0. The fourth-order valence-electron chi connectivity index (χ4n) is 5.02. The smallest absolute Gasteiger partial charge is 0.227 e. The van der Waals surface area contributed by atoms with Crippen molar-refractivity contribution >= 4 is 17.5 Å². The molecule has 2 heterocycles. The van der Waals surface area contributed by atoms with Crippen molar-refractivity contribution in [2.24, 2.45) is 11.8 Å². The van der Waals surface area contributed by atoms with Gasteiger partial charge in [-0.3, -0.25) is 9.69 Å². The van der Waals surface area contributed by atoms with Gasteiger partial charge in [-0.1, -0.05) is 17.7 Å². The van der Waals surface area contributed by atoms with Gasteiger partial charge in [0.05, 0.1) is 12.5 Å². The van der Waals surface area contributed by atoms with Crippen molar-refractivity contribution in [1.82, 2.24) is 9.80 Å². The summed E-state index contributed by atoms with van der Waals surface area (Å²) < 4.78 is 13.2. The minimum absolute atomic E-state index is 0.0418. The van der Waals surface area contributed by atoms with E-state index in [4.69, 9.17) is 11.6 Å². The summed E-state index contributed by atoms with van der Waals surface area (Å²) in [5.41, 5.74) is 0.669. The average molecular weight is 381 g/mol. The van der Waals surface area contributed by atoms with E-state index in [1.807, 2.05) is 4.90 Å². The lowest BCUT2D eigenvalue weighted by Gasteiger charge is -2.40. The molecule has 1 amide bonds. The first-order chi connectivity index (χ1) is 12.5. The Kier molecular flexibility index (Phi) is 5.22. The Balaban J connectivity index is 1.39. The fraction of sp³-hybridized carbons (Fsp3) is 0.650. The normalized spacial score (nSPS) is 32.0. The highest BCUT2D eigenvalue weighted by Gasteiger charge is 2.44. The second-order valence-electron chi connectivity index (χ2n) is 8.08. The molecule has 1 aromatic rings. The van der Waals surface area contributed by atoms with E-state index >= 15 is 0 Å². The molecule has 4 nitrogen and oxygen atoms in total. The Bertz CT molecular complexity index is 680. The van der Waals surface area contributed by atoms with E-state index in [0.717, 1.165) is 32.5 Å². The summed E-state index contributed by atoms with van der Waals surface area (Å²) in [6.45, 7) is 3.65. The molecule has 1 aliphatic carbocycles. The lowest BCUT2D eigenvalue weighted by molar-refractivity contribution is -0.129. The average Bonchev–Trinajstić information content (AvgIpc) is 3.25. The van der Waals surface area contributed by atoms with Crippen LogP contribution in [0.3, 0.4) is 0 Å². The van der Waals surface area contributed by atoms with E-state index in [1.54, 1.807) is 6.07 Å². The Labute approximate surface area is 158 Å². The SMILES string of the molecule is O=C(Cc1ccc(F)cc1Cl)N1C[C@H]2C[C@@H](N3CCCC3)[C@H](O)C[C@H]2C1. The summed E-state index contributed by atoms with van der Waals surface area (Å²) in [5.74, 6) is 0.508. The van der Waals surface area contributed by atoms with Crippen LogP contribution in [-0.4, -0.2) is 59.1 Å². The molecule has 1 aromatic carbocycles. The molecule has 0 bridgehead atoms. The molecule has 0 spiro atoms. The first-order valence-electron chi connectivity index (χ1n) is 9.65. The molecule has 26 heavy (non-hydrogen) atoms. The molecule has 1 saturated carbocycles. The van der Waals surface area contributed by atoms with E-state index < -0.39 is 0 Å². The maximum absolute atomic E-state index is 13.2. The lowest BCUT2D eigenvalue weighted by Crippen LogP contribution is -2.48. The summed E-state index contributed by atoms with van der Waals surface area (Å²) >= 11 is 6.06. The van der Waals surface area contributed by atoms with Gasteiger partial charge in [0.2, 0.25) is 5.91 Å². The van der Waals surface area contributed by atoms with Gasteiger partial charge in [0, 0.05) is 24.2 Å². The van der Waals surface area contributed by atoms with Gasteiger partial charge in [-0.2, -0.15) is 0 Å². The molecule has 0 aromatic heterocycles. The van der Waals surface area contributed by atoms with E-state index in [-0.39, 0.29) is 30.3 Å². The monoisotopic (exact) mass is 380 g/mol. The number of carbonyl (C=O) groups excluding carboxylic acids is 1. The molecule has 6 heteroatoms. The zero-order chi connectivity index (χ0) is 18.3. The van der Waals surface area contributed by atoms with Crippen LogP contribution in [0.15, 0.2) is 18.2 Å². The second-order valence-corrected chi connectivity index (χ2v) is 8.49. The molecule has 3 aliphatic rings. The molecule has 142 valence electrons. The number of hydrogen-bond donors (Lipinski definition) is 1. The number of aliphatic hydroxyl groups is 1. The number of fused-ring (bicyclic) bond motifs is 1. The van der Waals surface area contributed by atoms with Crippen molar-refractivity contribution in [3.05, 3.63) is 34.6 Å². The Hall–Kier alpha value is -1.17. The van der Waals surface area contributed by atoms with Crippen molar-refractivity contribution in [1.29, 1.82) is 0 Å². The summed E-state index contributed by atoms with van der Waals surface area (Å²) in [5, 5.41) is 10.9. The van der Waals surface area contributed by atoms with Gasteiger partial charge < -0.3 is 10.0 Å². The van der Waals surface area contributed by atoms with Crippen LogP contribution in [-0.2, 0) is 11.2 Å². The van der Waals surface area contributed by atoms with Gasteiger partial charge >= 0.3 is 0 Å². The lowest BCUT2D eigenvalue weighted by atomic mass is 9.77. The minimum atomic E-state index is -0.389. The molecule has 2 aliphatic heterocycles. The van der Waals surface area contributed by atoms with Crippen LogP contribution in [0.25, 0.3) is 0 Å². The molecular formula is C20H26ClFN2O2. The van der Waals surface area contributed by atoms with Crippen molar-refractivity contribution in [2.45, 2.75) is 44.2 Å². The minimum Gasteiger partial charge on any atom is -0.391 e. The van der Waals surface area contributed by atoms with Crippen LogP contribution >= 0.6 is 11.6 Å². The van der Waals surface area contributed by atoms with E-state index in [9.17, 15) is 14.3 Å². The first kappa shape index (κ1) is 18.2. The maximum atomic E-state index is 13.2. The van der Waals surface area contributed by atoms with Crippen LogP contribution < -0.4 is 0 Å². The third-order valence-corrected chi connectivity index (χ3v) is 6.78. The number of likely N-dealkylation sites (tertiary alicyclic amines) is 2. The van der Waals surface area contributed by atoms with Crippen LogP contribution in [0.1, 0.15) is 31.2 Å².